The van der Waals surface area contributed by atoms with Gasteiger partial charge in [0.05, 0.1) is 5.69 Å². The molecule has 0 aliphatic heterocycles. The van der Waals surface area contributed by atoms with Crippen molar-refractivity contribution in [2.45, 2.75) is 45.6 Å². The molecule has 3 N–H and O–H groups in total. The molecule has 1 aromatic rings. The molecule has 0 bridgehead atoms. The summed E-state index contributed by atoms with van der Waals surface area (Å²) in [5.74, 6) is 0.807. The summed E-state index contributed by atoms with van der Waals surface area (Å²) in [5.41, 5.74) is 6.52. The van der Waals surface area contributed by atoms with Gasteiger partial charge in [0.25, 0.3) is 0 Å². The van der Waals surface area contributed by atoms with Gasteiger partial charge in [-0.1, -0.05) is 26.2 Å². The van der Waals surface area contributed by atoms with Crippen LogP contribution < -0.4 is 11.1 Å². The Morgan fingerprint density at radius 2 is 2.27 bits per heavy atom. The zero-order valence-corrected chi connectivity index (χ0v) is 9.95. The van der Waals surface area contributed by atoms with Crippen molar-refractivity contribution in [3.8, 4) is 0 Å². The van der Waals surface area contributed by atoms with Crippen LogP contribution in [0.3, 0.4) is 0 Å². The maximum Gasteiger partial charge on any atom is 0.171 e. The minimum absolute atomic E-state index is 0.439. The second-order valence-electron chi connectivity index (χ2n) is 4.15. The molecule has 0 amide bonds. The number of nitrogens with one attached hydrogen (secondary N) is 1. The highest BCUT2D eigenvalue weighted by Gasteiger charge is 2.07. The van der Waals surface area contributed by atoms with Crippen LogP contribution in [0.25, 0.3) is 0 Å². The third-order valence-corrected chi connectivity index (χ3v) is 2.48. The molecule has 0 fully saturated rings. The van der Waals surface area contributed by atoms with Crippen molar-refractivity contribution in [3.63, 3.8) is 0 Å². The fraction of sp³-hybridized carbons (Fsp3) is 0.727. The zero-order chi connectivity index (χ0) is 11.3. The van der Waals surface area contributed by atoms with Gasteiger partial charge in [0.15, 0.2) is 5.82 Å². The summed E-state index contributed by atoms with van der Waals surface area (Å²) >= 11 is 0. The van der Waals surface area contributed by atoms with Crippen molar-refractivity contribution in [3.05, 3.63) is 6.20 Å². The van der Waals surface area contributed by atoms with Crippen LogP contribution in [-0.2, 0) is 7.05 Å². The number of aryl methyl sites for hydroxylation is 1. The van der Waals surface area contributed by atoms with Crippen LogP contribution in [0.1, 0.15) is 39.5 Å². The highest BCUT2D eigenvalue weighted by Crippen LogP contribution is 2.16. The summed E-state index contributed by atoms with van der Waals surface area (Å²) in [5, 5.41) is 7.59. The number of nitrogens with two attached hydrogens (primary N) is 1. The van der Waals surface area contributed by atoms with Gasteiger partial charge in [-0.2, -0.15) is 5.10 Å². The van der Waals surface area contributed by atoms with Crippen LogP contribution >= 0.6 is 0 Å². The average molecular weight is 210 g/mol. The first kappa shape index (κ1) is 11.9. The van der Waals surface area contributed by atoms with Crippen molar-refractivity contribution in [1.82, 2.24) is 9.78 Å². The van der Waals surface area contributed by atoms with E-state index in [9.17, 15) is 0 Å². The van der Waals surface area contributed by atoms with Gasteiger partial charge in [-0.25, -0.2) is 0 Å². The number of anilines is 2. The van der Waals surface area contributed by atoms with Gasteiger partial charge in [0, 0.05) is 19.3 Å². The fourth-order valence-corrected chi connectivity index (χ4v) is 1.63. The van der Waals surface area contributed by atoms with E-state index in [0.717, 1.165) is 11.5 Å². The minimum atomic E-state index is 0.439. The number of nitrogen functional groups attached to an aromatic ring is 1. The zero-order valence-electron chi connectivity index (χ0n) is 9.95. The Kier molecular flexibility index (Phi) is 4.46. The average Bonchev–Trinajstić information content (AvgIpc) is 2.45. The number of aromatic nitrogens is 2. The summed E-state index contributed by atoms with van der Waals surface area (Å²) < 4.78 is 1.73. The molecule has 0 aliphatic rings. The van der Waals surface area contributed by atoms with Crippen LogP contribution in [-0.4, -0.2) is 15.8 Å². The van der Waals surface area contributed by atoms with E-state index in [1.54, 1.807) is 4.68 Å². The molecule has 0 aromatic carbocycles. The van der Waals surface area contributed by atoms with Crippen LogP contribution in [0, 0.1) is 0 Å². The lowest BCUT2D eigenvalue weighted by atomic mass is 10.1. The van der Waals surface area contributed by atoms with Gasteiger partial charge in [-0.15, -0.1) is 0 Å². The van der Waals surface area contributed by atoms with Crippen molar-refractivity contribution in [2.75, 3.05) is 11.1 Å². The summed E-state index contributed by atoms with van der Waals surface area (Å²) in [4.78, 5) is 0. The number of rotatable bonds is 6. The first-order chi connectivity index (χ1) is 7.13. The van der Waals surface area contributed by atoms with Crippen LogP contribution in [0.4, 0.5) is 11.5 Å². The van der Waals surface area contributed by atoms with Gasteiger partial charge in [0.2, 0.25) is 0 Å². The normalized spacial score (nSPS) is 12.7. The number of nitrogens with zero attached hydrogens (tertiary/aromatic N) is 2. The van der Waals surface area contributed by atoms with E-state index >= 15 is 0 Å². The van der Waals surface area contributed by atoms with E-state index in [2.05, 4.69) is 24.3 Å². The van der Waals surface area contributed by atoms with E-state index in [-0.39, 0.29) is 0 Å². The molecule has 4 heteroatoms. The maximum atomic E-state index is 5.80. The Morgan fingerprint density at radius 1 is 1.53 bits per heavy atom. The van der Waals surface area contributed by atoms with E-state index in [1.807, 2.05) is 13.2 Å². The molecule has 0 saturated heterocycles. The molecule has 0 saturated carbocycles. The number of unbranched alkanes of at least 4 members (excludes halogenated alkanes) is 2. The van der Waals surface area contributed by atoms with Crippen LogP contribution in [0.2, 0.25) is 0 Å². The van der Waals surface area contributed by atoms with Gasteiger partial charge in [-0.3, -0.25) is 4.68 Å². The van der Waals surface area contributed by atoms with Gasteiger partial charge < -0.3 is 11.1 Å². The molecule has 1 rings (SSSR count). The van der Waals surface area contributed by atoms with Crippen LogP contribution in [0.15, 0.2) is 6.20 Å². The first-order valence-electron chi connectivity index (χ1n) is 5.69. The quantitative estimate of drug-likeness (QED) is 0.709. The molecular weight excluding hydrogens is 188 g/mol. The molecule has 86 valence electrons. The Morgan fingerprint density at radius 3 is 2.80 bits per heavy atom. The maximum absolute atomic E-state index is 5.80. The Balaban J connectivity index is 2.37. The second kappa shape index (κ2) is 5.63. The second-order valence-corrected chi connectivity index (χ2v) is 4.15. The molecule has 1 aromatic heterocycles. The molecule has 1 atom stereocenters. The summed E-state index contributed by atoms with van der Waals surface area (Å²) in [7, 11) is 1.88. The van der Waals surface area contributed by atoms with Gasteiger partial charge in [-0.05, 0) is 13.3 Å². The van der Waals surface area contributed by atoms with Gasteiger partial charge >= 0.3 is 0 Å². The Labute approximate surface area is 91.8 Å². The number of hydrogen-bond acceptors (Lipinski definition) is 3. The molecule has 0 radical (unpaired) electrons. The molecule has 0 spiro atoms. The lowest BCUT2D eigenvalue weighted by Gasteiger charge is -2.13. The molecule has 1 unspecified atom stereocenters. The fourth-order valence-electron chi connectivity index (χ4n) is 1.63. The van der Waals surface area contributed by atoms with Crippen molar-refractivity contribution >= 4 is 11.5 Å². The lowest BCUT2D eigenvalue weighted by molar-refractivity contribution is 0.612. The molecule has 1 heterocycles. The Bertz CT molecular complexity index is 293. The topological polar surface area (TPSA) is 55.9 Å². The molecule has 4 nitrogen and oxygen atoms in total. The van der Waals surface area contributed by atoms with E-state index in [0.29, 0.717) is 6.04 Å². The summed E-state index contributed by atoms with van der Waals surface area (Å²) in [6.45, 7) is 4.39. The third-order valence-electron chi connectivity index (χ3n) is 2.48. The molecule has 0 aliphatic carbocycles. The number of hydrogen-bond donors (Lipinski definition) is 2. The van der Waals surface area contributed by atoms with E-state index in [4.69, 9.17) is 5.73 Å². The standard InChI is InChI=1S/C11H22N4/c1-4-5-6-7-9(2)13-11-10(12)8-15(3)14-11/h8-9H,4-7,12H2,1-3H3,(H,13,14). The summed E-state index contributed by atoms with van der Waals surface area (Å²) in [6.07, 6.45) is 6.81. The highest BCUT2D eigenvalue weighted by atomic mass is 15.3. The summed E-state index contributed by atoms with van der Waals surface area (Å²) in [6, 6.07) is 0.439. The minimum Gasteiger partial charge on any atom is -0.394 e. The van der Waals surface area contributed by atoms with Gasteiger partial charge in [0.1, 0.15) is 0 Å². The van der Waals surface area contributed by atoms with E-state index < -0.39 is 0 Å². The lowest BCUT2D eigenvalue weighted by Crippen LogP contribution is -2.16. The predicted molar refractivity (Wildman–Crippen MR) is 64.8 cm³/mol. The SMILES string of the molecule is CCCCCC(C)Nc1nn(C)cc1N. The highest BCUT2D eigenvalue weighted by molar-refractivity contribution is 5.60. The van der Waals surface area contributed by atoms with Crippen molar-refractivity contribution in [2.24, 2.45) is 7.05 Å². The smallest absolute Gasteiger partial charge is 0.171 e. The van der Waals surface area contributed by atoms with E-state index in [1.165, 1.54) is 25.7 Å². The largest absolute Gasteiger partial charge is 0.394 e. The van der Waals surface area contributed by atoms with Crippen molar-refractivity contribution < 1.29 is 0 Å². The molecule has 15 heavy (non-hydrogen) atoms. The van der Waals surface area contributed by atoms with Crippen LogP contribution in [0.5, 0.6) is 0 Å². The van der Waals surface area contributed by atoms with Crippen molar-refractivity contribution in [1.29, 1.82) is 0 Å². The monoisotopic (exact) mass is 210 g/mol. The first-order valence-corrected chi connectivity index (χ1v) is 5.69. The third kappa shape index (κ3) is 3.81. The predicted octanol–water partition coefficient (Wildman–Crippen LogP) is 2.38. The Hall–Kier alpha value is -1.19. The molecular formula is C11H22N4.